The molecule has 196 valence electrons. The summed E-state index contributed by atoms with van der Waals surface area (Å²) in [7, 11) is 1.63. The van der Waals surface area contributed by atoms with Gasteiger partial charge < -0.3 is 14.4 Å². The predicted octanol–water partition coefficient (Wildman–Crippen LogP) is 7.34. The van der Waals surface area contributed by atoms with Gasteiger partial charge in [0.25, 0.3) is 0 Å². The monoisotopic (exact) mass is 557 g/mol. The molecule has 1 aromatic rings. The molecule has 1 aliphatic heterocycles. The molecule has 0 bridgehead atoms. The summed E-state index contributed by atoms with van der Waals surface area (Å²) in [6.07, 6.45) is 4.45. The first-order valence-corrected chi connectivity index (χ1v) is 14.0. The van der Waals surface area contributed by atoms with Crippen LogP contribution in [0.15, 0.2) is 39.1 Å². The molecule has 0 atom stereocenters. The average Bonchev–Trinajstić information content (AvgIpc) is 2.77. The Morgan fingerprint density at radius 1 is 0.889 bits per heavy atom. The number of benzene rings is 1. The maximum Gasteiger partial charge on any atom is 0.162 e. The fourth-order valence-electron chi connectivity index (χ4n) is 6.11. The number of ketones is 2. The third-order valence-electron chi connectivity index (χ3n) is 7.52. The number of Topliss-reactive ketones (excluding diaryl/α,β-unsaturated/α-hetero) is 2. The van der Waals surface area contributed by atoms with E-state index in [4.69, 9.17) is 9.47 Å². The summed E-state index contributed by atoms with van der Waals surface area (Å²) in [6.45, 7) is 14.3. The van der Waals surface area contributed by atoms with Gasteiger partial charge in [-0.1, -0.05) is 57.5 Å². The number of hydrogen-bond donors (Lipinski definition) is 0. The number of carbonyl (C=O) groups is 2. The van der Waals surface area contributed by atoms with Crippen LogP contribution < -0.4 is 9.47 Å². The van der Waals surface area contributed by atoms with E-state index in [1.165, 1.54) is 0 Å². The maximum atomic E-state index is 13.9. The van der Waals surface area contributed by atoms with E-state index in [-0.39, 0.29) is 22.4 Å². The Labute approximate surface area is 224 Å². The van der Waals surface area contributed by atoms with Crippen molar-refractivity contribution in [2.24, 2.45) is 10.8 Å². The molecule has 3 aliphatic rings. The van der Waals surface area contributed by atoms with E-state index in [9.17, 15) is 9.59 Å². The highest BCUT2D eigenvalue weighted by Crippen LogP contribution is 2.56. The minimum absolute atomic E-state index is 0.120. The fourth-order valence-corrected chi connectivity index (χ4v) is 6.66. The van der Waals surface area contributed by atoms with E-state index >= 15 is 0 Å². The molecule has 0 saturated carbocycles. The van der Waals surface area contributed by atoms with Crippen molar-refractivity contribution in [3.05, 3.63) is 44.7 Å². The van der Waals surface area contributed by atoms with Crippen molar-refractivity contribution in [1.82, 2.24) is 4.90 Å². The second-order valence-corrected chi connectivity index (χ2v) is 12.9. The molecule has 1 aromatic carbocycles. The van der Waals surface area contributed by atoms with E-state index in [2.05, 4.69) is 62.4 Å². The zero-order chi connectivity index (χ0) is 26.4. The second kappa shape index (κ2) is 10.00. The molecule has 0 N–H and O–H groups in total. The smallest absolute Gasteiger partial charge is 0.162 e. The van der Waals surface area contributed by atoms with Gasteiger partial charge in [0, 0.05) is 52.3 Å². The standard InChI is InChI=1S/C30H40BrNO4/c1-8-10-32-20-14-29(3,4)16-22(33)27(20)26(28-21(32)15-30(5,6)17-23(28)34)18-12-24(35-7)25(13-19(18)31)36-11-9-2/h12-13,26H,8-11,14-17H2,1-7H3. The topological polar surface area (TPSA) is 55.8 Å². The minimum Gasteiger partial charge on any atom is -0.493 e. The maximum absolute atomic E-state index is 13.9. The molecule has 2 aliphatic carbocycles. The van der Waals surface area contributed by atoms with Gasteiger partial charge in [0.2, 0.25) is 0 Å². The summed E-state index contributed by atoms with van der Waals surface area (Å²) < 4.78 is 12.5. The molecule has 36 heavy (non-hydrogen) atoms. The van der Waals surface area contributed by atoms with Gasteiger partial charge in [-0.25, -0.2) is 0 Å². The lowest BCUT2D eigenvalue weighted by Gasteiger charge is -2.49. The van der Waals surface area contributed by atoms with Crippen LogP contribution in [0.5, 0.6) is 11.5 Å². The summed E-state index contributed by atoms with van der Waals surface area (Å²) in [5.74, 6) is 1.17. The van der Waals surface area contributed by atoms with E-state index in [0.717, 1.165) is 64.8 Å². The SMILES string of the molecule is CCCOc1cc(Br)c(C2C3=C(CC(C)(C)CC3=O)N(CCC)C3=C2C(=O)CC(C)(C)C3)cc1OC. The van der Waals surface area contributed by atoms with Crippen LogP contribution in [-0.4, -0.2) is 36.7 Å². The number of allylic oxidation sites excluding steroid dienone is 4. The van der Waals surface area contributed by atoms with Crippen LogP contribution in [0.1, 0.15) is 91.5 Å². The highest BCUT2D eigenvalue weighted by atomic mass is 79.9. The van der Waals surface area contributed by atoms with Crippen LogP contribution in [0.2, 0.25) is 0 Å². The number of ether oxygens (including phenoxy) is 2. The number of carbonyl (C=O) groups excluding carboxylic acids is 2. The number of rotatable bonds is 7. The van der Waals surface area contributed by atoms with Crippen molar-refractivity contribution in [3.63, 3.8) is 0 Å². The van der Waals surface area contributed by atoms with Crippen molar-refractivity contribution in [2.45, 2.75) is 86.0 Å². The summed E-state index contributed by atoms with van der Waals surface area (Å²) in [4.78, 5) is 30.1. The molecule has 6 heteroatoms. The Morgan fingerprint density at radius 3 is 1.92 bits per heavy atom. The molecular formula is C30H40BrNO4. The van der Waals surface area contributed by atoms with Crippen molar-refractivity contribution in [3.8, 4) is 11.5 Å². The third-order valence-corrected chi connectivity index (χ3v) is 8.21. The molecule has 0 saturated heterocycles. The molecule has 1 heterocycles. The van der Waals surface area contributed by atoms with Crippen molar-refractivity contribution in [1.29, 1.82) is 0 Å². The molecular weight excluding hydrogens is 518 g/mol. The largest absolute Gasteiger partial charge is 0.493 e. The first kappa shape index (κ1) is 27.0. The lowest BCUT2D eigenvalue weighted by molar-refractivity contribution is -0.119. The van der Waals surface area contributed by atoms with Gasteiger partial charge >= 0.3 is 0 Å². The van der Waals surface area contributed by atoms with Gasteiger partial charge in [-0.3, -0.25) is 9.59 Å². The van der Waals surface area contributed by atoms with Gasteiger partial charge in [-0.05, 0) is 54.2 Å². The van der Waals surface area contributed by atoms with Crippen LogP contribution in [0.3, 0.4) is 0 Å². The molecule has 4 rings (SSSR count). The molecule has 0 fully saturated rings. The number of halogens is 1. The van der Waals surface area contributed by atoms with Crippen LogP contribution in [-0.2, 0) is 9.59 Å². The molecule has 0 amide bonds. The molecule has 0 unspecified atom stereocenters. The zero-order valence-corrected chi connectivity index (χ0v) is 24.4. The lowest BCUT2D eigenvalue weighted by atomic mass is 9.63. The summed E-state index contributed by atoms with van der Waals surface area (Å²) >= 11 is 3.78. The Bertz CT molecular complexity index is 1090. The normalized spacial score (nSPS) is 21.5. The van der Waals surface area contributed by atoms with Crippen molar-refractivity contribution < 1.29 is 19.1 Å². The number of nitrogens with zero attached hydrogens (tertiary/aromatic N) is 1. The third kappa shape index (κ3) is 4.90. The van der Waals surface area contributed by atoms with Crippen molar-refractivity contribution >= 4 is 27.5 Å². The predicted molar refractivity (Wildman–Crippen MR) is 146 cm³/mol. The highest BCUT2D eigenvalue weighted by molar-refractivity contribution is 9.10. The number of hydrogen-bond acceptors (Lipinski definition) is 5. The molecule has 5 nitrogen and oxygen atoms in total. The Hall–Kier alpha value is -2.08. The summed E-state index contributed by atoms with van der Waals surface area (Å²) in [5.41, 5.74) is 4.44. The Balaban J connectivity index is 1.99. The van der Waals surface area contributed by atoms with Gasteiger partial charge in [-0.2, -0.15) is 0 Å². The van der Waals surface area contributed by atoms with Crippen LogP contribution >= 0.6 is 15.9 Å². The lowest BCUT2D eigenvalue weighted by Crippen LogP contribution is -2.44. The molecule has 0 aromatic heterocycles. The van der Waals surface area contributed by atoms with Gasteiger partial charge in [0.1, 0.15) is 0 Å². The Morgan fingerprint density at radius 2 is 1.44 bits per heavy atom. The summed E-state index contributed by atoms with van der Waals surface area (Å²) in [5, 5.41) is 0. The van der Waals surface area contributed by atoms with E-state index in [1.807, 2.05) is 12.1 Å². The first-order chi connectivity index (χ1) is 16.9. The van der Waals surface area contributed by atoms with Crippen LogP contribution in [0.4, 0.5) is 0 Å². The minimum atomic E-state index is -0.404. The first-order valence-electron chi connectivity index (χ1n) is 13.2. The van der Waals surface area contributed by atoms with Gasteiger partial charge in [0.05, 0.1) is 13.7 Å². The van der Waals surface area contributed by atoms with Gasteiger partial charge in [0.15, 0.2) is 23.1 Å². The van der Waals surface area contributed by atoms with E-state index in [0.29, 0.717) is 30.9 Å². The highest BCUT2D eigenvalue weighted by Gasteiger charge is 2.49. The second-order valence-electron chi connectivity index (χ2n) is 12.1. The van der Waals surface area contributed by atoms with Gasteiger partial charge in [-0.15, -0.1) is 0 Å². The molecule has 0 spiro atoms. The molecule has 0 radical (unpaired) electrons. The quantitative estimate of drug-likeness (QED) is 0.351. The zero-order valence-electron chi connectivity index (χ0n) is 22.8. The Kier molecular flexibility index (Phi) is 7.49. The number of methoxy groups -OCH3 is 1. The van der Waals surface area contributed by atoms with E-state index in [1.54, 1.807) is 7.11 Å². The van der Waals surface area contributed by atoms with E-state index < -0.39 is 5.92 Å². The summed E-state index contributed by atoms with van der Waals surface area (Å²) in [6, 6.07) is 3.89. The average molecular weight is 559 g/mol. The van der Waals surface area contributed by atoms with Crippen molar-refractivity contribution in [2.75, 3.05) is 20.3 Å². The fraction of sp³-hybridized carbons (Fsp3) is 0.600. The van der Waals surface area contributed by atoms with Crippen LogP contribution in [0, 0.1) is 10.8 Å². The van der Waals surface area contributed by atoms with Crippen LogP contribution in [0.25, 0.3) is 0 Å².